The molecule has 2 aromatic heterocycles. The largest absolute Gasteiger partial charge is 0.444 e. The zero-order valence-electron chi connectivity index (χ0n) is 21.9. The van der Waals surface area contributed by atoms with Crippen molar-refractivity contribution in [1.29, 1.82) is 0 Å². The van der Waals surface area contributed by atoms with Crippen LogP contribution in [0, 0.1) is 0 Å². The monoisotopic (exact) mass is 502 g/mol. The van der Waals surface area contributed by atoms with Crippen LogP contribution >= 0.6 is 0 Å². The second-order valence-electron chi connectivity index (χ2n) is 10.6. The first-order valence-electron chi connectivity index (χ1n) is 12.9. The minimum absolute atomic E-state index is 0.0396. The third kappa shape index (κ3) is 5.69. The molecule has 1 amide bonds. The summed E-state index contributed by atoms with van der Waals surface area (Å²) < 4.78 is 19.0. The van der Waals surface area contributed by atoms with Gasteiger partial charge in [-0.25, -0.2) is 14.5 Å². The first-order chi connectivity index (χ1) is 17.8. The molecule has 0 aliphatic carbocycles. The Labute approximate surface area is 217 Å². The molecule has 8 nitrogen and oxygen atoms in total. The summed E-state index contributed by atoms with van der Waals surface area (Å²) in [5.41, 5.74) is 4.57. The molecule has 2 atom stereocenters. The third-order valence-corrected chi connectivity index (χ3v) is 6.58. The number of hydrogen-bond acceptors (Lipinski definition) is 6. The number of hydrogen-bond donors (Lipinski definition) is 1. The van der Waals surface area contributed by atoms with Crippen molar-refractivity contribution < 1.29 is 18.7 Å². The number of ether oxygens (including phenoxy) is 2. The Morgan fingerprint density at radius 1 is 1.19 bits per heavy atom. The van der Waals surface area contributed by atoms with Gasteiger partial charge >= 0.3 is 6.09 Å². The molecule has 1 saturated heterocycles. The van der Waals surface area contributed by atoms with Crippen molar-refractivity contribution in [2.45, 2.75) is 64.7 Å². The fraction of sp³-hybridized carbons (Fsp3) is 0.414. The summed E-state index contributed by atoms with van der Waals surface area (Å²) in [6.07, 6.45) is 8.00. The van der Waals surface area contributed by atoms with Gasteiger partial charge in [0.2, 0.25) is 0 Å². The third-order valence-electron chi connectivity index (χ3n) is 6.58. The van der Waals surface area contributed by atoms with Crippen LogP contribution in [0.2, 0.25) is 0 Å². The number of fused-ring (bicyclic) bond motifs is 1. The number of nitrogens with zero attached hydrogens (tertiary/aromatic N) is 3. The molecule has 4 aromatic rings. The molecule has 194 valence electrons. The van der Waals surface area contributed by atoms with Gasteiger partial charge < -0.3 is 19.2 Å². The van der Waals surface area contributed by atoms with Gasteiger partial charge in [-0.05, 0) is 68.7 Å². The zero-order valence-corrected chi connectivity index (χ0v) is 21.9. The van der Waals surface area contributed by atoms with Gasteiger partial charge in [-0.2, -0.15) is 5.10 Å². The topological polar surface area (TPSA) is 91.4 Å². The quantitative estimate of drug-likeness (QED) is 0.316. The number of aromatic nitrogens is 3. The molecule has 3 heterocycles. The van der Waals surface area contributed by atoms with E-state index in [9.17, 15) is 4.79 Å². The summed E-state index contributed by atoms with van der Waals surface area (Å²) in [7, 11) is 0. The molecule has 5 rings (SSSR count). The Morgan fingerprint density at radius 3 is 2.68 bits per heavy atom. The lowest BCUT2D eigenvalue weighted by molar-refractivity contribution is -0.0390. The molecule has 0 bridgehead atoms. The van der Waals surface area contributed by atoms with Crippen LogP contribution < -0.4 is 5.32 Å². The van der Waals surface area contributed by atoms with Crippen molar-refractivity contribution in [2.24, 2.45) is 0 Å². The van der Waals surface area contributed by atoms with Crippen molar-refractivity contribution in [3.8, 4) is 22.5 Å². The molecule has 2 unspecified atom stereocenters. The standard InChI is InChI=1S/C29H34N4O4/c1-19(15-31-28(34)37-29(2,3)4)20-8-10-21(11-9-20)22-12-13-24-23(27(22)25-16-30-18-36-25)17-33(32-24)26-7-5-6-14-35-26/h8-13,16-19,26H,5-7,14-15H2,1-4H3,(H,31,34). The molecule has 0 saturated carbocycles. The molecule has 1 aliphatic heterocycles. The lowest BCUT2D eigenvalue weighted by Gasteiger charge is -2.22. The van der Waals surface area contributed by atoms with E-state index < -0.39 is 11.7 Å². The maximum atomic E-state index is 12.0. The maximum Gasteiger partial charge on any atom is 0.407 e. The average Bonchev–Trinajstić information content (AvgIpc) is 3.57. The van der Waals surface area contributed by atoms with E-state index in [4.69, 9.17) is 19.0 Å². The fourth-order valence-corrected chi connectivity index (χ4v) is 4.70. The van der Waals surface area contributed by atoms with E-state index in [0.29, 0.717) is 12.3 Å². The Hall–Kier alpha value is -3.65. The van der Waals surface area contributed by atoms with E-state index in [0.717, 1.165) is 59.0 Å². The van der Waals surface area contributed by atoms with Crippen LogP contribution in [0.15, 0.2) is 59.6 Å². The lowest BCUT2D eigenvalue weighted by atomic mass is 9.93. The molecule has 8 heteroatoms. The van der Waals surface area contributed by atoms with Gasteiger partial charge in [-0.3, -0.25) is 0 Å². The van der Waals surface area contributed by atoms with Gasteiger partial charge in [0, 0.05) is 30.3 Å². The van der Waals surface area contributed by atoms with Gasteiger partial charge in [0.05, 0.1) is 11.7 Å². The second-order valence-corrected chi connectivity index (χ2v) is 10.6. The lowest BCUT2D eigenvalue weighted by Crippen LogP contribution is -2.34. The van der Waals surface area contributed by atoms with Crippen LogP contribution in [0.25, 0.3) is 33.4 Å². The first-order valence-corrected chi connectivity index (χ1v) is 12.9. The summed E-state index contributed by atoms with van der Waals surface area (Å²) >= 11 is 0. The number of benzene rings is 2. The second kappa shape index (κ2) is 10.4. The smallest absolute Gasteiger partial charge is 0.407 e. The fourth-order valence-electron chi connectivity index (χ4n) is 4.70. The molecule has 0 radical (unpaired) electrons. The van der Waals surface area contributed by atoms with Gasteiger partial charge in [0.15, 0.2) is 12.2 Å². The van der Waals surface area contributed by atoms with Crippen molar-refractivity contribution >= 4 is 17.0 Å². The highest BCUT2D eigenvalue weighted by Crippen LogP contribution is 2.39. The molecule has 2 aromatic carbocycles. The highest BCUT2D eigenvalue weighted by molar-refractivity contribution is 6.01. The van der Waals surface area contributed by atoms with Crippen LogP contribution in [-0.4, -0.2) is 39.6 Å². The maximum absolute atomic E-state index is 12.0. The van der Waals surface area contributed by atoms with Gasteiger partial charge in [0.1, 0.15) is 11.8 Å². The van der Waals surface area contributed by atoms with Gasteiger partial charge in [-0.1, -0.05) is 37.3 Å². The van der Waals surface area contributed by atoms with E-state index in [2.05, 4.69) is 53.8 Å². The minimum Gasteiger partial charge on any atom is -0.444 e. The number of carbonyl (C=O) groups is 1. The Balaban J connectivity index is 1.42. The number of amides is 1. The highest BCUT2D eigenvalue weighted by atomic mass is 16.6. The highest BCUT2D eigenvalue weighted by Gasteiger charge is 2.22. The van der Waals surface area contributed by atoms with E-state index in [1.807, 2.05) is 31.5 Å². The molecule has 0 spiro atoms. The van der Waals surface area contributed by atoms with Crippen LogP contribution in [0.3, 0.4) is 0 Å². The molecular formula is C29H34N4O4. The summed E-state index contributed by atoms with van der Waals surface area (Å²) in [6, 6.07) is 12.5. The predicted octanol–water partition coefficient (Wildman–Crippen LogP) is 6.69. The summed E-state index contributed by atoms with van der Waals surface area (Å²) in [5.74, 6) is 0.829. The molecule has 1 N–H and O–H groups in total. The summed E-state index contributed by atoms with van der Waals surface area (Å²) in [4.78, 5) is 16.2. The van der Waals surface area contributed by atoms with Crippen molar-refractivity contribution in [2.75, 3.05) is 13.2 Å². The van der Waals surface area contributed by atoms with Crippen molar-refractivity contribution in [1.82, 2.24) is 20.1 Å². The number of alkyl carbamates (subject to hydrolysis) is 1. The number of oxazole rings is 1. The molecule has 1 aliphatic rings. The first kappa shape index (κ1) is 25.0. The molecule has 1 fully saturated rings. The number of carbonyl (C=O) groups excluding carboxylic acids is 1. The van der Waals surface area contributed by atoms with E-state index in [-0.39, 0.29) is 12.1 Å². The average molecular weight is 503 g/mol. The Kier molecular flexibility index (Phi) is 7.02. The number of rotatable bonds is 6. The van der Waals surface area contributed by atoms with Crippen molar-refractivity contribution in [3.63, 3.8) is 0 Å². The normalized spacial score (nSPS) is 17.0. The van der Waals surface area contributed by atoms with Crippen molar-refractivity contribution in [3.05, 3.63) is 60.7 Å². The number of nitrogens with one attached hydrogen (secondary N) is 1. The zero-order chi connectivity index (χ0) is 26.0. The predicted molar refractivity (Wildman–Crippen MR) is 142 cm³/mol. The molecular weight excluding hydrogens is 468 g/mol. The van der Waals surface area contributed by atoms with E-state index in [1.165, 1.54) is 6.39 Å². The van der Waals surface area contributed by atoms with Crippen LogP contribution in [0.1, 0.15) is 64.7 Å². The minimum atomic E-state index is -0.517. The van der Waals surface area contributed by atoms with Crippen LogP contribution in [-0.2, 0) is 9.47 Å². The van der Waals surface area contributed by atoms with E-state index in [1.54, 1.807) is 6.20 Å². The van der Waals surface area contributed by atoms with Crippen LogP contribution in [0.5, 0.6) is 0 Å². The SMILES string of the molecule is CC(CNC(=O)OC(C)(C)C)c1ccc(-c2ccc3nn(C4CCCCO4)cc3c2-c2cnco2)cc1. The summed E-state index contributed by atoms with van der Waals surface area (Å²) in [6.45, 7) is 8.90. The van der Waals surface area contributed by atoms with Gasteiger partial charge in [-0.15, -0.1) is 0 Å². The van der Waals surface area contributed by atoms with Gasteiger partial charge in [0.25, 0.3) is 0 Å². The summed E-state index contributed by atoms with van der Waals surface area (Å²) in [5, 5.41) is 8.68. The molecule has 37 heavy (non-hydrogen) atoms. The Bertz CT molecular complexity index is 1350. The Morgan fingerprint density at radius 2 is 2.00 bits per heavy atom. The van der Waals surface area contributed by atoms with E-state index >= 15 is 0 Å². The van der Waals surface area contributed by atoms with Crippen LogP contribution in [0.4, 0.5) is 4.79 Å².